The minimum absolute atomic E-state index is 0.0173. The van der Waals surface area contributed by atoms with Crippen LogP contribution in [0.15, 0.2) is 30.5 Å². The summed E-state index contributed by atoms with van der Waals surface area (Å²) in [6.07, 6.45) is 2.41. The van der Waals surface area contributed by atoms with Crippen molar-refractivity contribution in [2.24, 2.45) is 5.92 Å². The molecular weight excluding hydrogens is 320 g/mol. The zero-order valence-electron chi connectivity index (χ0n) is 12.7. The van der Waals surface area contributed by atoms with Crippen molar-refractivity contribution in [1.29, 1.82) is 0 Å². The second-order valence-electron chi connectivity index (χ2n) is 5.64. The number of aromatic nitrogens is 2. The summed E-state index contributed by atoms with van der Waals surface area (Å²) in [6.45, 7) is 0.540. The van der Waals surface area contributed by atoms with Crippen molar-refractivity contribution >= 4 is 11.9 Å². The molecule has 0 aliphatic carbocycles. The molecule has 1 aliphatic heterocycles. The number of para-hydroxylation sites is 1. The highest BCUT2D eigenvalue weighted by Crippen LogP contribution is 2.20. The van der Waals surface area contributed by atoms with Crippen LogP contribution in [0.5, 0.6) is 0 Å². The van der Waals surface area contributed by atoms with Gasteiger partial charge in [0.15, 0.2) is 17.3 Å². The van der Waals surface area contributed by atoms with E-state index in [1.54, 1.807) is 0 Å². The molecule has 0 radical (unpaired) electrons. The van der Waals surface area contributed by atoms with Gasteiger partial charge < -0.3 is 10.0 Å². The van der Waals surface area contributed by atoms with Crippen LogP contribution in [0.3, 0.4) is 0 Å². The minimum atomic E-state index is -0.938. The monoisotopic (exact) mass is 335 g/mol. The Bertz CT molecular complexity index is 770. The number of amides is 1. The molecule has 3 rings (SSSR count). The molecule has 2 heterocycles. The van der Waals surface area contributed by atoms with E-state index >= 15 is 0 Å². The maximum atomic E-state index is 13.8. The van der Waals surface area contributed by atoms with E-state index in [4.69, 9.17) is 5.11 Å². The van der Waals surface area contributed by atoms with Crippen LogP contribution in [0.25, 0.3) is 5.69 Å². The summed E-state index contributed by atoms with van der Waals surface area (Å²) in [5.74, 6) is -3.57. The summed E-state index contributed by atoms with van der Waals surface area (Å²) in [7, 11) is 0. The number of piperidine rings is 1. The standard InChI is InChI=1S/C16H15F2N3O3/c17-11-4-1-5-12(18)14(11)21-8-6-13(19-21)15(22)20-7-2-3-10(9-20)16(23)24/h1,4-6,8,10H,2-3,7,9H2,(H,23,24)/t10-/m1/s1. The summed E-state index contributed by atoms with van der Waals surface area (Å²) in [6, 6.07) is 4.80. The SMILES string of the molecule is O=C(O)[C@@H]1CCCN(C(=O)c2ccn(-c3c(F)cccc3F)n2)C1. The van der Waals surface area contributed by atoms with Gasteiger partial charge in [0.25, 0.3) is 5.91 Å². The van der Waals surface area contributed by atoms with Crippen LogP contribution in [0, 0.1) is 17.6 Å². The number of carboxylic acids is 1. The van der Waals surface area contributed by atoms with Crippen LogP contribution in [0.1, 0.15) is 23.3 Å². The van der Waals surface area contributed by atoms with Gasteiger partial charge in [-0.25, -0.2) is 13.5 Å². The average molecular weight is 335 g/mol. The van der Waals surface area contributed by atoms with E-state index in [1.165, 1.54) is 23.2 Å². The largest absolute Gasteiger partial charge is 0.481 e. The number of carbonyl (C=O) groups excluding carboxylic acids is 1. The Labute approximate surface area is 136 Å². The molecule has 1 amide bonds. The molecular formula is C16H15F2N3O3. The van der Waals surface area contributed by atoms with Crippen molar-refractivity contribution in [3.8, 4) is 5.69 Å². The smallest absolute Gasteiger partial charge is 0.308 e. The van der Waals surface area contributed by atoms with E-state index in [9.17, 15) is 18.4 Å². The van der Waals surface area contributed by atoms with Crippen LogP contribution in [-0.4, -0.2) is 44.8 Å². The predicted molar refractivity (Wildman–Crippen MR) is 79.7 cm³/mol. The molecule has 1 atom stereocenters. The summed E-state index contributed by atoms with van der Waals surface area (Å²) in [5, 5.41) is 13.0. The van der Waals surface area contributed by atoms with Gasteiger partial charge in [0.2, 0.25) is 0 Å². The van der Waals surface area contributed by atoms with Crippen LogP contribution in [0.2, 0.25) is 0 Å². The fourth-order valence-corrected chi connectivity index (χ4v) is 2.80. The van der Waals surface area contributed by atoms with Crippen molar-refractivity contribution in [3.05, 3.63) is 47.8 Å². The van der Waals surface area contributed by atoms with Crippen molar-refractivity contribution in [3.63, 3.8) is 0 Å². The van der Waals surface area contributed by atoms with Gasteiger partial charge in [-0.2, -0.15) is 5.10 Å². The van der Waals surface area contributed by atoms with Crippen LogP contribution in [0.4, 0.5) is 8.78 Å². The Morgan fingerprint density at radius 2 is 1.92 bits per heavy atom. The number of hydrogen-bond donors (Lipinski definition) is 1. The molecule has 1 fully saturated rings. The maximum Gasteiger partial charge on any atom is 0.308 e. The molecule has 2 aromatic rings. The van der Waals surface area contributed by atoms with Crippen LogP contribution in [-0.2, 0) is 4.79 Å². The maximum absolute atomic E-state index is 13.8. The number of hydrogen-bond acceptors (Lipinski definition) is 3. The predicted octanol–water partition coefficient (Wildman–Crippen LogP) is 2.09. The number of benzene rings is 1. The lowest BCUT2D eigenvalue weighted by Crippen LogP contribution is -2.42. The van der Waals surface area contributed by atoms with E-state index in [2.05, 4.69) is 5.10 Å². The van der Waals surface area contributed by atoms with Crippen LogP contribution >= 0.6 is 0 Å². The Balaban J connectivity index is 1.83. The molecule has 0 unspecified atom stereocenters. The first kappa shape index (κ1) is 16.1. The van der Waals surface area contributed by atoms with Gasteiger partial charge in [0.05, 0.1) is 5.92 Å². The van der Waals surface area contributed by atoms with Crippen molar-refractivity contribution in [2.75, 3.05) is 13.1 Å². The summed E-state index contributed by atoms with van der Waals surface area (Å²) in [4.78, 5) is 24.9. The number of rotatable bonds is 3. The second-order valence-corrected chi connectivity index (χ2v) is 5.64. The highest BCUT2D eigenvalue weighted by molar-refractivity contribution is 5.92. The van der Waals surface area contributed by atoms with Gasteiger partial charge in [0.1, 0.15) is 5.69 Å². The Morgan fingerprint density at radius 3 is 2.58 bits per heavy atom. The van der Waals surface area contributed by atoms with Gasteiger partial charge >= 0.3 is 5.97 Å². The highest BCUT2D eigenvalue weighted by atomic mass is 19.1. The molecule has 1 aromatic heterocycles. The molecule has 1 N–H and O–H groups in total. The first-order valence-electron chi connectivity index (χ1n) is 7.49. The number of carboxylic acid groups (broad SMARTS) is 1. The summed E-state index contributed by atoms with van der Waals surface area (Å²) < 4.78 is 28.5. The van der Waals surface area contributed by atoms with Gasteiger partial charge in [-0.3, -0.25) is 9.59 Å². The molecule has 0 saturated carbocycles. The molecule has 6 nitrogen and oxygen atoms in total. The van der Waals surface area contributed by atoms with Gasteiger partial charge in [-0.15, -0.1) is 0 Å². The highest BCUT2D eigenvalue weighted by Gasteiger charge is 2.29. The quantitative estimate of drug-likeness (QED) is 0.932. The van der Waals surface area contributed by atoms with E-state index in [1.807, 2.05) is 0 Å². The van der Waals surface area contributed by atoms with Crippen molar-refractivity contribution in [1.82, 2.24) is 14.7 Å². The molecule has 24 heavy (non-hydrogen) atoms. The first-order chi connectivity index (χ1) is 11.5. The molecule has 1 aliphatic rings. The Kier molecular flexibility index (Phi) is 4.28. The van der Waals surface area contributed by atoms with Gasteiger partial charge in [-0.05, 0) is 31.0 Å². The number of aliphatic carboxylic acids is 1. The van der Waals surface area contributed by atoms with Gasteiger partial charge in [-0.1, -0.05) is 6.07 Å². The fraction of sp³-hybridized carbons (Fsp3) is 0.312. The molecule has 126 valence electrons. The topological polar surface area (TPSA) is 75.4 Å². The normalized spacial score (nSPS) is 17.8. The molecule has 1 aromatic carbocycles. The number of carbonyl (C=O) groups is 2. The molecule has 0 spiro atoms. The van der Waals surface area contributed by atoms with E-state index in [0.717, 1.165) is 16.8 Å². The Morgan fingerprint density at radius 1 is 1.21 bits per heavy atom. The van der Waals surface area contributed by atoms with Crippen molar-refractivity contribution in [2.45, 2.75) is 12.8 Å². The minimum Gasteiger partial charge on any atom is -0.481 e. The number of nitrogens with zero attached hydrogens (tertiary/aromatic N) is 3. The number of likely N-dealkylation sites (tertiary alicyclic amines) is 1. The zero-order chi connectivity index (χ0) is 17.3. The third-order valence-electron chi connectivity index (χ3n) is 4.03. The molecule has 1 saturated heterocycles. The third kappa shape index (κ3) is 2.99. The number of halogens is 2. The molecule has 8 heteroatoms. The zero-order valence-corrected chi connectivity index (χ0v) is 12.7. The average Bonchev–Trinajstić information content (AvgIpc) is 3.03. The fourth-order valence-electron chi connectivity index (χ4n) is 2.80. The first-order valence-corrected chi connectivity index (χ1v) is 7.49. The summed E-state index contributed by atoms with van der Waals surface area (Å²) >= 11 is 0. The lowest BCUT2D eigenvalue weighted by atomic mass is 9.98. The summed E-state index contributed by atoms with van der Waals surface area (Å²) in [5.41, 5.74) is -0.345. The molecule has 0 bridgehead atoms. The second kappa shape index (κ2) is 6.38. The van der Waals surface area contributed by atoms with E-state index in [-0.39, 0.29) is 17.9 Å². The lowest BCUT2D eigenvalue weighted by molar-refractivity contribution is -0.143. The lowest BCUT2D eigenvalue weighted by Gasteiger charge is -2.30. The van der Waals surface area contributed by atoms with E-state index < -0.39 is 29.4 Å². The third-order valence-corrected chi connectivity index (χ3v) is 4.03. The van der Waals surface area contributed by atoms with E-state index in [0.29, 0.717) is 19.4 Å². The Hall–Kier alpha value is -2.77. The van der Waals surface area contributed by atoms with Crippen LogP contribution < -0.4 is 0 Å². The van der Waals surface area contributed by atoms with Gasteiger partial charge in [0, 0.05) is 19.3 Å². The van der Waals surface area contributed by atoms with Crippen molar-refractivity contribution < 1.29 is 23.5 Å².